The van der Waals surface area contributed by atoms with Crippen LogP contribution in [-0.2, 0) is 14.3 Å². The zero-order valence-electron chi connectivity index (χ0n) is 29.1. The Labute approximate surface area is 298 Å². The number of hydrogen-bond donors (Lipinski definition) is 2. The molecule has 2 N–H and O–H groups in total. The van der Waals surface area contributed by atoms with Crippen LogP contribution in [0.1, 0.15) is 68.4 Å². The molecule has 3 aromatic rings. The largest absolute Gasteiger partial charge is 0.458 e. The number of carbonyl (C=O) groups is 1. The third kappa shape index (κ3) is 12.0. The number of hydrogen-bond acceptors (Lipinski definition) is 7. The molecule has 1 saturated carbocycles. The van der Waals surface area contributed by atoms with Crippen molar-refractivity contribution in [3.63, 3.8) is 0 Å². The summed E-state index contributed by atoms with van der Waals surface area (Å²) in [5, 5.41) is 18.3. The molecule has 4 rings (SSSR count). The van der Waals surface area contributed by atoms with Crippen molar-refractivity contribution < 1.29 is 47.1 Å². The zero-order chi connectivity index (χ0) is 37.0. The predicted octanol–water partition coefficient (Wildman–Crippen LogP) is 9.57. The summed E-state index contributed by atoms with van der Waals surface area (Å²) >= 11 is 0. The number of aliphatic hydroxyl groups is 2. The van der Waals surface area contributed by atoms with Gasteiger partial charge in [0.05, 0.1) is 18.8 Å². The minimum absolute atomic E-state index is 0.0932. The van der Waals surface area contributed by atoms with Gasteiger partial charge in [0.2, 0.25) is 13.6 Å². The average Bonchev–Trinajstić information content (AvgIpc) is 3.12. The maximum atomic E-state index is 12.5. The molecular formula is C41H47F3O7. The first-order valence-corrected chi connectivity index (χ1v) is 17.1. The van der Waals surface area contributed by atoms with Crippen LogP contribution in [0.4, 0.5) is 13.2 Å². The number of benzene rings is 3. The minimum Gasteiger partial charge on any atom is -0.458 e. The van der Waals surface area contributed by atoms with Gasteiger partial charge in [-0.25, -0.2) is 4.79 Å². The molecule has 0 radical (unpaired) electrons. The summed E-state index contributed by atoms with van der Waals surface area (Å²) in [6, 6.07) is 19.8. The van der Waals surface area contributed by atoms with E-state index < -0.39 is 32.0 Å². The molecule has 0 amide bonds. The maximum Gasteiger partial charge on any atom is 0.389 e. The molecule has 7 nitrogen and oxygen atoms in total. The van der Waals surface area contributed by atoms with E-state index in [9.17, 15) is 23.1 Å². The van der Waals surface area contributed by atoms with E-state index >= 15 is 0 Å². The molecule has 1 aliphatic carbocycles. The second kappa shape index (κ2) is 18.6. The van der Waals surface area contributed by atoms with E-state index in [-0.39, 0.29) is 31.2 Å². The fourth-order valence-corrected chi connectivity index (χ4v) is 6.27. The second-order valence-corrected chi connectivity index (χ2v) is 13.0. The van der Waals surface area contributed by atoms with E-state index in [1.165, 1.54) is 11.1 Å². The molecule has 0 aliphatic heterocycles. The third-order valence-electron chi connectivity index (χ3n) is 9.25. The first-order chi connectivity index (χ1) is 24.4. The monoisotopic (exact) mass is 708 g/mol. The highest BCUT2D eigenvalue weighted by Gasteiger charge is 2.27. The molecule has 1 aliphatic rings. The molecular weight excluding hydrogens is 661 g/mol. The lowest BCUT2D eigenvalue weighted by molar-refractivity contribution is -0.145. The van der Waals surface area contributed by atoms with Crippen molar-refractivity contribution in [1.29, 1.82) is 0 Å². The van der Waals surface area contributed by atoms with Gasteiger partial charge in [-0.1, -0.05) is 75.0 Å². The van der Waals surface area contributed by atoms with Crippen molar-refractivity contribution >= 4 is 5.97 Å². The summed E-state index contributed by atoms with van der Waals surface area (Å²) in [6.45, 7) is 11.5. The van der Waals surface area contributed by atoms with Crippen molar-refractivity contribution in [2.24, 2.45) is 5.92 Å². The molecule has 0 heterocycles. The van der Waals surface area contributed by atoms with Crippen LogP contribution < -0.4 is 9.47 Å². The molecule has 0 aromatic heterocycles. The molecule has 3 aromatic carbocycles. The Morgan fingerprint density at radius 2 is 1.31 bits per heavy atom. The smallest absolute Gasteiger partial charge is 0.389 e. The first kappa shape index (κ1) is 39.2. The van der Waals surface area contributed by atoms with Crippen LogP contribution in [0, 0.1) is 12.8 Å². The van der Waals surface area contributed by atoms with Gasteiger partial charge in [0.25, 0.3) is 0 Å². The van der Waals surface area contributed by atoms with Crippen LogP contribution in [-0.4, -0.2) is 49.2 Å². The molecule has 51 heavy (non-hydrogen) atoms. The quantitative estimate of drug-likeness (QED) is 0.0340. The van der Waals surface area contributed by atoms with Crippen LogP contribution in [0.3, 0.4) is 0 Å². The Hall–Kier alpha value is -4.54. The highest BCUT2D eigenvalue weighted by atomic mass is 19.4. The molecule has 274 valence electrons. The Bertz CT molecular complexity index is 1600. The molecule has 0 atom stereocenters. The van der Waals surface area contributed by atoms with Gasteiger partial charge in [-0.3, -0.25) is 0 Å². The molecule has 0 spiro atoms. The van der Waals surface area contributed by atoms with Gasteiger partial charge in [-0.2, -0.15) is 13.2 Å². The highest BCUT2D eigenvalue weighted by molar-refractivity contribution is 5.87. The number of esters is 1. The van der Waals surface area contributed by atoms with E-state index in [4.69, 9.17) is 24.1 Å². The van der Waals surface area contributed by atoms with Crippen molar-refractivity contribution in [3.8, 4) is 33.8 Å². The third-order valence-corrected chi connectivity index (χ3v) is 9.25. The van der Waals surface area contributed by atoms with E-state index in [1.54, 1.807) is 12.1 Å². The Morgan fingerprint density at radius 3 is 1.88 bits per heavy atom. The van der Waals surface area contributed by atoms with Gasteiger partial charge < -0.3 is 29.2 Å². The first-order valence-electron chi connectivity index (χ1n) is 17.1. The van der Waals surface area contributed by atoms with Crippen LogP contribution in [0.25, 0.3) is 22.3 Å². The van der Waals surface area contributed by atoms with Crippen molar-refractivity contribution in [2.45, 2.75) is 70.4 Å². The fourth-order valence-electron chi connectivity index (χ4n) is 6.27. The number of unbranched alkanes of at least 4 members (excludes halogenated alkanes) is 1. The minimum atomic E-state index is -4.06. The number of aryl methyl sites for hydroxylation is 1. The molecule has 1 fully saturated rings. The summed E-state index contributed by atoms with van der Waals surface area (Å²) in [5.74, 6) is 1.17. The SMILES string of the molecule is C=C(CO)C(=C)OCOc1cc(OCOC(=O)C(=C)CO)cc(-c2ccc(-c3ccc(C4CCC(CCCCC(F)(F)F)CC4)c(C)c3)cc2)c1. The van der Waals surface area contributed by atoms with Gasteiger partial charge >= 0.3 is 12.1 Å². The predicted molar refractivity (Wildman–Crippen MR) is 191 cm³/mol. The number of rotatable bonds is 18. The summed E-state index contributed by atoms with van der Waals surface area (Å²) < 4.78 is 59.3. The molecule has 0 bridgehead atoms. The number of aliphatic hydroxyl groups excluding tert-OH is 2. The van der Waals surface area contributed by atoms with Crippen LogP contribution in [0.15, 0.2) is 97.3 Å². The zero-order valence-corrected chi connectivity index (χ0v) is 29.1. The molecule has 0 saturated heterocycles. The van der Waals surface area contributed by atoms with E-state index in [2.05, 4.69) is 44.9 Å². The van der Waals surface area contributed by atoms with Crippen LogP contribution in [0.5, 0.6) is 11.5 Å². The van der Waals surface area contributed by atoms with Gasteiger partial charge in [0.15, 0.2) is 0 Å². The van der Waals surface area contributed by atoms with Gasteiger partial charge in [0.1, 0.15) is 17.3 Å². The summed E-state index contributed by atoms with van der Waals surface area (Å²) in [4.78, 5) is 11.9. The number of alkyl halides is 3. The standard InChI is InChI=1S/C41H47F3O7/c1-27-19-35(16-17-39(27)34-10-8-31(9-11-34)7-5-6-18-41(42,43)44)32-12-14-33(15-13-32)36-20-37(49-25-48-30(4)28(2)23-45)22-38(21-36)50-26-51-40(47)29(3)24-46/h12-17,19-22,31,34,45-46H,2-11,18,23-26H2,1H3. The average molecular weight is 709 g/mol. The lowest BCUT2D eigenvalue weighted by Crippen LogP contribution is -2.14. The Balaban J connectivity index is 1.42. The summed E-state index contributed by atoms with van der Waals surface area (Å²) in [5.41, 5.74) is 6.59. The van der Waals surface area contributed by atoms with E-state index in [1.807, 2.05) is 30.3 Å². The van der Waals surface area contributed by atoms with Gasteiger partial charge in [-0.05, 0) is 96.4 Å². The van der Waals surface area contributed by atoms with Crippen LogP contribution in [0.2, 0.25) is 0 Å². The topological polar surface area (TPSA) is 94.5 Å². The Morgan fingerprint density at radius 1 is 0.745 bits per heavy atom. The van der Waals surface area contributed by atoms with Crippen LogP contribution >= 0.6 is 0 Å². The van der Waals surface area contributed by atoms with Crippen molar-refractivity contribution in [1.82, 2.24) is 0 Å². The Kier molecular flexibility index (Phi) is 14.3. The normalized spacial score (nSPS) is 15.9. The maximum absolute atomic E-state index is 12.5. The number of ether oxygens (including phenoxy) is 4. The van der Waals surface area contributed by atoms with Crippen molar-refractivity contribution in [3.05, 3.63) is 108 Å². The lowest BCUT2D eigenvalue weighted by atomic mass is 9.76. The van der Waals surface area contributed by atoms with Crippen molar-refractivity contribution in [2.75, 3.05) is 26.8 Å². The van der Waals surface area contributed by atoms with Gasteiger partial charge in [-0.15, -0.1) is 0 Å². The summed E-state index contributed by atoms with van der Waals surface area (Å²) in [6.07, 6.45) is 1.25. The number of carbonyl (C=O) groups excluding carboxylic acids is 1. The molecule has 0 unspecified atom stereocenters. The van der Waals surface area contributed by atoms with Gasteiger partial charge in [0, 0.05) is 18.1 Å². The van der Waals surface area contributed by atoms with E-state index in [0.717, 1.165) is 54.4 Å². The highest BCUT2D eigenvalue weighted by Crippen LogP contribution is 2.40. The number of halogens is 3. The van der Waals surface area contributed by atoms with E-state index in [0.29, 0.717) is 35.3 Å². The second-order valence-electron chi connectivity index (χ2n) is 13.0. The molecule has 10 heteroatoms. The lowest BCUT2D eigenvalue weighted by Gasteiger charge is -2.30. The summed E-state index contributed by atoms with van der Waals surface area (Å²) in [7, 11) is 0. The fraction of sp³-hybridized carbons (Fsp3) is 0.390.